The number of unbranched alkanes of at least 4 members (excludes halogenated alkanes) is 1. The Morgan fingerprint density at radius 2 is 1.59 bits per heavy atom. The number of halogens is 1. The van der Waals surface area contributed by atoms with Crippen molar-refractivity contribution in [1.82, 2.24) is 0 Å². The van der Waals surface area contributed by atoms with Crippen molar-refractivity contribution in [2.24, 2.45) is 17.8 Å². The van der Waals surface area contributed by atoms with E-state index in [9.17, 15) is 0 Å². The van der Waals surface area contributed by atoms with Crippen LogP contribution in [0.2, 0.25) is 0 Å². The molecule has 2 aliphatic carbocycles. The number of benzene rings is 2. The molecule has 0 heterocycles. The molecular formula is C30H41FO. The van der Waals surface area contributed by atoms with Crippen molar-refractivity contribution < 1.29 is 9.13 Å². The van der Waals surface area contributed by atoms with Gasteiger partial charge in [-0.25, -0.2) is 4.39 Å². The summed E-state index contributed by atoms with van der Waals surface area (Å²) < 4.78 is 20.5. The summed E-state index contributed by atoms with van der Waals surface area (Å²) in [6.07, 6.45) is 20.6. The zero-order valence-corrected chi connectivity index (χ0v) is 20.1. The van der Waals surface area contributed by atoms with Crippen molar-refractivity contribution in [1.29, 1.82) is 0 Å². The molecule has 2 aromatic carbocycles. The number of rotatable bonds is 8. The Labute approximate surface area is 194 Å². The number of ether oxygens (including phenoxy) is 1. The van der Waals surface area contributed by atoms with E-state index in [1.54, 1.807) is 7.11 Å². The van der Waals surface area contributed by atoms with E-state index in [-0.39, 0.29) is 5.82 Å². The highest BCUT2D eigenvalue weighted by molar-refractivity contribution is 5.85. The second kappa shape index (κ2) is 11.3. The Balaban J connectivity index is 1.24. The molecule has 0 N–H and O–H groups in total. The third kappa shape index (κ3) is 5.74. The number of allylic oxidation sites excluding steroid dienone is 2. The molecule has 2 aromatic rings. The third-order valence-corrected chi connectivity index (χ3v) is 8.22. The highest BCUT2D eigenvalue weighted by atomic mass is 19.1. The van der Waals surface area contributed by atoms with Crippen molar-refractivity contribution in [3.8, 4) is 5.75 Å². The van der Waals surface area contributed by atoms with Gasteiger partial charge in [-0.1, -0.05) is 50.5 Å². The fourth-order valence-electron chi connectivity index (χ4n) is 6.09. The molecule has 0 amide bonds. The zero-order chi connectivity index (χ0) is 22.3. The van der Waals surface area contributed by atoms with Gasteiger partial charge in [-0.05, 0) is 111 Å². The minimum absolute atomic E-state index is 0.0154. The maximum atomic E-state index is 15.3. The summed E-state index contributed by atoms with van der Waals surface area (Å²) in [6, 6.07) is 9.74. The number of hydrogen-bond donors (Lipinski definition) is 0. The summed E-state index contributed by atoms with van der Waals surface area (Å²) in [7, 11) is 1.65. The van der Waals surface area contributed by atoms with E-state index in [4.69, 9.17) is 4.74 Å². The quantitative estimate of drug-likeness (QED) is 0.375. The topological polar surface area (TPSA) is 9.23 Å². The molecule has 0 spiro atoms. The molecule has 2 heteroatoms. The Bertz CT molecular complexity index is 885. The second-order valence-corrected chi connectivity index (χ2v) is 10.3. The third-order valence-electron chi connectivity index (χ3n) is 8.22. The largest absolute Gasteiger partial charge is 0.497 e. The molecule has 2 aliphatic rings. The van der Waals surface area contributed by atoms with Crippen LogP contribution in [0.5, 0.6) is 5.75 Å². The first-order valence-corrected chi connectivity index (χ1v) is 13.1. The predicted molar refractivity (Wildman–Crippen MR) is 134 cm³/mol. The zero-order valence-electron chi connectivity index (χ0n) is 20.1. The van der Waals surface area contributed by atoms with Gasteiger partial charge in [-0.2, -0.15) is 0 Å². The minimum Gasteiger partial charge on any atom is -0.497 e. The second-order valence-electron chi connectivity index (χ2n) is 10.3. The number of methoxy groups -OCH3 is 1. The lowest BCUT2D eigenvalue weighted by atomic mass is 9.74. The summed E-state index contributed by atoms with van der Waals surface area (Å²) in [6.45, 7) is 2.25. The smallest absolute Gasteiger partial charge is 0.134 e. The normalized spacial score (nSPS) is 26.6. The van der Waals surface area contributed by atoms with Crippen LogP contribution in [-0.2, 0) is 0 Å². The number of hydrogen-bond acceptors (Lipinski definition) is 1. The van der Waals surface area contributed by atoms with Crippen molar-refractivity contribution in [3.05, 3.63) is 53.9 Å². The monoisotopic (exact) mass is 436 g/mol. The molecule has 174 valence electrons. The van der Waals surface area contributed by atoms with Gasteiger partial charge in [0.1, 0.15) is 11.6 Å². The van der Waals surface area contributed by atoms with Gasteiger partial charge in [0.05, 0.1) is 7.11 Å². The maximum absolute atomic E-state index is 15.3. The molecule has 0 saturated heterocycles. The van der Waals surface area contributed by atoms with Crippen LogP contribution >= 0.6 is 0 Å². The van der Waals surface area contributed by atoms with Crippen molar-refractivity contribution >= 4 is 10.8 Å². The van der Waals surface area contributed by atoms with E-state index >= 15 is 4.39 Å². The van der Waals surface area contributed by atoms with Crippen LogP contribution < -0.4 is 4.74 Å². The molecule has 1 nitrogen and oxygen atoms in total. The lowest BCUT2D eigenvalue weighted by molar-refractivity contribution is 0.245. The molecule has 4 rings (SSSR count). The van der Waals surface area contributed by atoms with Crippen molar-refractivity contribution in [3.63, 3.8) is 0 Å². The van der Waals surface area contributed by atoms with Gasteiger partial charge in [0.15, 0.2) is 0 Å². The summed E-state index contributed by atoms with van der Waals surface area (Å²) in [5, 5.41) is 1.65. The average molecular weight is 437 g/mol. The highest BCUT2D eigenvalue weighted by Gasteiger charge is 2.26. The van der Waals surface area contributed by atoms with E-state index in [1.165, 1.54) is 64.2 Å². The van der Waals surface area contributed by atoms with Crippen LogP contribution in [0.1, 0.15) is 95.5 Å². The van der Waals surface area contributed by atoms with Gasteiger partial charge >= 0.3 is 0 Å². The molecular weight excluding hydrogens is 395 g/mol. The molecule has 0 bridgehead atoms. The number of fused-ring (bicyclic) bond motifs is 1. The fraction of sp³-hybridized carbons (Fsp3) is 0.600. The van der Waals surface area contributed by atoms with Crippen LogP contribution in [0.4, 0.5) is 4.39 Å². The Kier molecular flexibility index (Phi) is 8.27. The SMILES string of the molecule is CCC/C=C/C1CCC(CCC2CCC(c3ccc4cc(OC)ccc4c3F)CC2)CC1. The van der Waals surface area contributed by atoms with Gasteiger partial charge in [0.25, 0.3) is 0 Å². The van der Waals surface area contributed by atoms with Crippen LogP contribution in [0.15, 0.2) is 42.5 Å². The van der Waals surface area contributed by atoms with Crippen molar-refractivity contribution in [2.75, 3.05) is 7.11 Å². The first kappa shape index (κ1) is 23.3. The molecule has 2 saturated carbocycles. The fourth-order valence-corrected chi connectivity index (χ4v) is 6.09. The standard InChI is InChI=1S/C30H41FO/c1-3-4-5-6-22-7-9-23(10-8-22)11-12-24-13-15-25(16-14-24)28-19-17-26-21-27(32-2)18-20-29(26)30(28)31/h5-6,17-25H,3-4,7-16H2,1-2H3/b6-5+. The van der Waals surface area contributed by atoms with Crippen LogP contribution in [0, 0.1) is 23.6 Å². The summed E-state index contributed by atoms with van der Waals surface area (Å²) in [4.78, 5) is 0. The van der Waals surface area contributed by atoms with E-state index in [2.05, 4.69) is 25.1 Å². The molecule has 0 radical (unpaired) electrons. The van der Waals surface area contributed by atoms with E-state index < -0.39 is 0 Å². The Morgan fingerprint density at radius 3 is 2.25 bits per heavy atom. The Morgan fingerprint density at radius 1 is 0.906 bits per heavy atom. The molecule has 0 atom stereocenters. The van der Waals surface area contributed by atoms with E-state index in [1.807, 2.05) is 24.3 Å². The van der Waals surface area contributed by atoms with Crippen molar-refractivity contribution in [2.45, 2.75) is 89.9 Å². The molecule has 0 aliphatic heterocycles. The van der Waals surface area contributed by atoms with Crippen LogP contribution in [0.3, 0.4) is 0 Å². The van der Waals surface area contributed by atoms with Gasteiger partial charge in [-0.3, -0.25) is 0 Å². The lowest BCUT2D eigenvalue weighted by Crippen LogP contribution is -2.17. The first-order valence-electron chi connectivity index (χ1n) is 13.1. The average Bonchev–Trinajstić information content (AvgIpc) is 2.84. The van der Waals surface area contributed by atoms with Crippen LogP contribution in [-0.4, -0.2) is 7.11 Å². The summed E-state index contributed by atoms with van der Waals surface area (Å²) in [5.74, 6) is 3.78. The maximum Gasteiger partial charge on any atom is 0.134 e. The summed E-state index contributed by atoms with van der Waals surface area (Å²) in [5.41, 5.74) is 0.926. The van der Waals surface area contributed by atoms with Crippen LogP contribution in [0.25, 0.3) is 10.8 Å². The van der Waals surface area contributed by atoms with Gasteiger partial charge in [0.2, 0.25) is 0 Å². The Hall–Kier alpha value is -1.83. The summed E-state index contributed by atoms with van der Waals surface area (Å²) >= 11 is 0. The first-order chi connectivity index (χ1) is 15.7. The molecule has 0 unspecified atom stereocenters. The lowest BCUT2D eigenvalue weighted by Gasteiger charge is -2.32. The van der Waals surface area contributed by atoms with E-state index in [0.717, 1.165) is 52.7 Å². The van der Waals surface area contributed by atoms with Gasteiger partial charge < -0.3 is 4.74 Å². The van der Waals surface area contributed by atoms with Gasteiger partial charge in [0, 0.05) is 5.39 Å². The highest BCUT2D eigenvalue weighted by Crippen LogP contribution is 2.41. The minimum atomic E-state index is -0.0154. The molecule has 0 aromatic heterocycles. The van der Waals surface area contributed by atoms with Gasteiger partial charge in [-0.15, -0.1) is 0 Å². The molecule has 2 fully saturated rings. The van der Waals surface area contributed by atoms with E-state index in [0.29, 0.717) is 5.92 Å². The molecule has 32 heavy (non-hydrogen) atoms. The predicted octanol–water partition coefficient (Wildman–Crippen LogP) is 9.20.